The largest absolute Gasteiger partial charge is 0.373 e. The predicted molar refractivity (Wildman–Crippen MR) is 104 cm³/mol. The van der Waals surface area contributed by atoms with Crippen LogP contribution in [0.3, 0.4) is 0 Å². The van der Waals surface area contributed by atoms with E-state index in [1.807, 2.05) is 12.1 Å². The molecule has 1 saturated carbocycles. The number of nitrogens with one attached hydrogen (secondary N) is 1. The summed E-state index contributed by atoms with van der Waals surface area (Å²) in [6.45, 7) is 7.70. The van der Waals surface area contributed by atoms with Gasteiger partial charge in [-0.05, 0) is 56.8 Å². The second-order valence-electron chi connectivity index (χ2n) is 8.01. The number of ether oxygens (including phenoxy) is 1. The van der Waals surface area contributed by atoms with Crippen LogP contribution in [0.15, 0.2) is 24.3 Å². The molecule has 3 N–H and O–H groups in total. The molecule has 26 heavy (non-hydrogen) atoms. The molecule has 0 spiro atoms. The number of rotatable bonds is 5. The summed E-state index contributed by atoms with van der Waals surface area (Å²) in [4.78, 5) is 15.0. The third-order valence-electron chi connectivity index (χ3n) is 5.65. The highest BCUT2D eigenvalue weighted by atomic mass is 16.5. The molecule has 5 heteroatoms. The standard InChI is InChI=1S/C21H33N3O2/c1-15-12-24(13-16(2)26-15)14-17-7-9-18(10-8-17)21(25)23-20-6-4-3-5-19(20)11-22/h7-10,15-16,19-20H,3-6,11-14,22H2,1-2H3,(H,23,25). The Morgan fingerprint density at radius 3 is 2.46 bits per heavy atom. The van der Waals surface area contributed by atoms with Gasteiger partial charge in [-0.2, -0.15) is 0 Å². The average Bonchev–Trinajstić information content (AvgIpc) is 2.62. The minimum absolute atomic E-state index is 0.0236. The van der Waals surface area contributed by atoms with Gasteiger partial charge in [-0.25, -0.2) is 0 Å². The second kappa shape index (κ2) is 8.98. The molecule has 1 aromatic rings. The first kappa shape index (κ1) is 19.3. The van der Waals surface area contributed by atoms with Gasteiger partial charge in [0.05, 0.1) is 12.2 Å². The summed E-state index contributed by atoms with van der Waals surface area (Å²) in [5.74, 6) is 0.438. The smallest absolute Gasteiger partial charge is 0.251 e. The van der Waals surface area contributed by atoms with Crippen LogP contribution in [0.4, 0.5) is 0 Å². The van der Waals surface area contributed by atoms with Gasteiger partial charge in [0.2, 0.25) is 0 Å². The van der Waals surface area contributed by atoms with Gasteiger partial charge < -0.3 is 15.8 Å². The highest BCUT2D eigenvalue weighted by Gasteiger charge is 2.26. The summed E-state index contributed by atoms with van der Waals surface area (Å²) in [7, 11) is 0. The number of carbonyl (C=O) groups excluding carboxylic acids is 1. The molecule has 1 saturated heterocycles. The number of benzene rings is 1. The van der Waals surface area contributed by atoms with Crippen LogP contribution >= 0.6 is 0 Å². The van der Waals surface area contributed by atoms with E-state index in [1.54, 1.807) is 0 Å². The van der Waals surface area contributed by atoms with Crippen LogP contribution in [0.5, 0.6) is 0 Å². The van der Waals surface area contributed by atoms with Crippen molar-refractivity contribution in [3.05, 3.63) is 35.4 Å². The molecule has 2 aliphatic rings. The minimum atomic E-state index is 0.0236. The lowest BCUT2D eigenvalue weighted by Gasteiger charge is -2.35. The maximum Gasteiger partial charge on any atom is 0.251 e. The van der Waals surface area contributed by atoms with E-state index in [0.29, 0.717) is 12.5 Å². The van der Waals surface area contributed by atoms with Gasteiger partial charge in [0.15, 0.2) is 0 Å². The third-order valence-corrected chi connectivity index (χ3v) is 5.65. The van der Waals surface area contributed by atoms with Crippen LogP contribution in [0, 0.1) is 5.92 Å². The Balaban J connectivity index is 1.55. The molecule has 144 valence electrons. The maximum atomic E-state index is 12.6. The normalized spacial score (nSPS) is 30.1. The molecule has 1 heterocycles. The first-order valence-corrected chi connectivity index (χ1v) is 10.0. The molecular weight excluding hydrogens is 326 g/mol. The SMILES string of the molecule is CC1CN(Cc2ccc(C(=O)NC3CCCCC3CN)cc2)CC(C)O1. The van der Waals surface area contributed by atoms with Crippen LogP contribution in [-0.4, -0.2) is 48.7 Å². The number of morpholine rings is 1. The van der Waals surface area contributed by atoms with Gasteiger partial charge >= 0.3 is 0 Å². The van der Waals surface area contributed by atoms with Crippen LogP contribution in [0.25, 0.3) is 0 Å². The van der Waals surface area contributed by atoms with Crippen LogP contribution in [0.1, 0.15) is 55.5 Å². The molecule has 0 aromatic heterocycles. The van der Waals surface area contributed by atoms with Crippen molar-refractivity contribution < 1.29 is 9.53 Å². The number of nitrogens with two attached hydrogens (primary N) is 1. The van der Waals surface area contributed by atoms with E-state index < -0.39 is 0 Å². The first-order valence-electron chi connectivity index (χ1n) is 10.0. The molecular formula is C21H33N3O2. The van der Waals surface area contributed by atoms with E-state index in [0.717, 1.165) is 38.0 Å². The van der Waals surface area contributed by atoms with Crippen molar-refractivity contribution in [3.63, 3.8) is 0 Å². The Bertz CT molecular complexity index is 579. The molecule has 2 fully saturated rings. The quantitative estimate of drug-likeness (QED) is 0.848. The number of nitrogens with zero attached hydrogens (tertiary/aromatic N) is 1. The zero-order valence-electron chi connectivity index (χ0n) is 16.1. The minimum Gasteiger partial charge on any atom is -0.373 e. The van der Waals surface area contributed by atoms with E-state index in [4.69, 9.17) is 10.5 Å². The van der Waals surface area contributed by atoms with Crippen LogP contribution < -0.4 is 11.1 Å². The molecule has 0 radical (unpaired) electrons. The van der Waals surface area contributed by atoms with Gasteiger partial charge in [-0.15, -0.1) is 0 Å². The molecule has 0 bridgehead atoms. The van der Waals surface area contributed by atoms with Crippen molar-refractivity contribution >= 4 is 5.91 Å². The van der Waals surface area contributed by atoms with E-state index in [1.165, 1.54) is 18.4 Å². The summed E-state index contributed by atoms with van der Waals surface area (Å²) in [5.41, 5.74) is 7.84. The Labute approximate surface area is 157 Å². The zero-order chi connectivity index (χ0) is 18.5. The monoisotopic (exact) mass is 359 g/mol. The molecule has 4 unspecified atom stereocenters. The van der Waals surface area contributed by atoms with Crippen molar-refractivity contribution in [1.29, 1.82) is 0 Å². The Hall–Kier alpha value is -1.43. The lowest BCUT2D eigenvalue weighted by Crippen LogP contribution is -2.45. The fourth-order valence-corrected chi connectivity index (χ4v) is 4.36. The fraction of sp³-hybridized carbons (Fsp3) is 0.667. The topological polar surface area (TPSA) is 67.6 Å². The van der Waals surface area contributed by atoms with Gasteiger partial charge in [0, 0.05) is 31.2 Å². The van der Waals surface area contributed by atoms with Crippen molar-refractivity contribution in [2.75, 3.05) is 19.6 Å². The van der Waals surface area contributed by atoms with Gasteiger partial charge in [0.1, 0.15) is 0 Å². The van der Waals surface area contributed by atoms with Crippen LogP contribution in [-0.2, 0) is 11.3 Å². The van der Waals surface area contributed by atoms with E-state index in [9.17, 15) is 4.79 Å². The number of hydrogen-bond acceptors (Lipinski definition) is 4. The Morgan fingerprint density at radius 2 is 1.81 bits per heavy atom. The summed E-state index contributed by atoms with van der Waals surface area (Å²) < 4.78 is 5.79. The molecule has 1 amide bonds. The van der Waals surface area contributed by atoms with Crippen molar-refractivity contribution in [2.24, 2.45) is 11.7 Å². The lowest BCUT2D eigenvalue weighted by atomic mass is 9.84. The number of amides is 1. The Morgan fingerprint density at radius 1 is 1.15 bits per heavy atom. The Kier molecular flexibility index (Phi) is 6.68. The van der Waals surface area contributed by atoms with Gasteiger partial charge in [-0.3, -0.25) is 9.69 Å². The highest BCUT2D eigenvalue weighted by Crippen LogP contribution is 2.24. The zero-order valence-corrected chi connectivity index (χ0v) is 16.1. The number of carbonyl (C=O) groups is 1. The summed E-state index contributed by atoms with van der Waals surface area (Å²) in [5, 5.41) is 3.20. The van der Waals surface area contributed by atoms with E-state index in [-0.39, 0.29) is 24.2 Å². The molecule has 1 aromatic carbocycles. The molecule has 1 aliphatic carbocycles. The molecule has 1 aliphatic heterocycles. The molecule has 5 nitrogen and oxygen atoms in total. The van der Waals surface area contributed by atoms with Crippen molar-refractivity contribution in [1.82, 2.24) is 10.2 Å². The van der Waals surface area contributed by atoms with Gasteiger partial charge in [-0.1, -0.05) is 25.0 Å². The predicted octanol–water partition coefficient (Wildman–Crippen LogP) is 2.54. The lowest BCUT2D eigenvalue weighted by molar-refractivity contribution is -0.0704. The first-order chi connectivity index (χ1) is 12.5. The molecule has 3 rings (SSSR count). The second-order valence-corrected chi connectivity index (χ2v) is 8.01. The number of hydrogen-bond donors (Lipinski definition) is 2. The van der Waals surface area contributed by atoms with Crippen LogP contribution in [0.2, 0.25) is 0 Å². The highest BCUT2D eigenvalue weighted by molar-refractivity contribution is 5.94. The fourth-order valence-electron chi connectivity index (χ4n) is 4.36. The van der Waals surface area contributed by atoms with Gasteiger partial charge in [0.25, 0.3) is 5.91 Å². The van der Waals surface area contributed by atoms with E-state index in [2.05, 4.69) is 36.2 Å². The summed E-state index contributed by atoms with van der Waals surface area (Å²) in [6.07, 6.45) is 5.11. The third kappa shape index (κ3) is 5.06. The summed E-state index contributed by atoms with van der Waals surface area (Å²) in [6, 6.07) is 8.25. The summed E-state index contributed by atoms with van der Waals surface area (Å²) >= 11 is 0. The van der Waals surface area contributed by atoms with E-state index >= 15 is 0 Å². The van der Waals surface area contributed by atoms with Crippen molar-refractivity contribution in [3.8, 4) is 0 Å². The average molecular weight is 360 g/mol. The maximum absolute atomic E-state index is 12.6. The molecule has 4 atom stereocenters. The van der Waals surface area contributed by atoms with Crippen molar-refractivity contribution in [2.45, 2.75) is 64.3 Å².